The van der Waals surface area contributed by atoms with Crippen molar-refractivity contribution in [1.82, 2.24) is 15.3 Å². The van der Waals surface area contributed by atoms with Gasteiger partial charge < -0.3 is 16.0 Å². The molecule has 0 atom stereocenters. The Kier molecular flexibility index (Phi) is 6.93. The second kappa shape index (κ2) is 10.4. The molecule has 3 aromatic carbocycles. The third kappa shape index (κ3) is 6.04. The first kappa shape index (κ1) is 22.7. The van der Waals surface area contributed by atoms with Gasteiger partial charge in [0.05, 0.1) is 5.69 Å². The zero-order chi connectivity index (χ0) is 23.9. The highest BCUT2D eigenvalue weighted by molar-refractivity contribution is 5.95. The molecule has 4 rings (SSSR count). The highest BCUT2D eigenvalue weighted by atomic mass is 16.2. The van der Waals surface area contributed by atoms with Gasteiger partial charge in [-0.1, -0.05) is 48.0 Å². The van der Waals surface area contributed by atoms with Gasteiger partial charge in [-0.15, -0.1) is 0 Å². The molecule has 1 heterocycles. The molecule has 7 nitrogen and oxygen atoms in total. The van der Waals surface area contributed by atoms with E-state index >= 15 is 0 Å². The van der Waals surface area contributed by atoms with Crippen LogP contribution in [0.15, 0.2) is 85.1 Å². The number of aromatic nitrogens is 2. The van der Waals surface area contributed by atoms with Crippen LogP contribution in [-0.4, -0.2) is 21.8 Å². The molecule has 34 heavy (non-hydrogen) atoms. The van der Waals surface area contributed by atoms with Crippen molar-refractivity contribution in [2.75, 3.05) is 10.6 Å². The van der Waals surface area contributed by atoms with Crippen LogP contribution in [0.1, 0.15) is 28.4 Å². The lowest BCUT2D eigenvalue weighted by Crippen LogP contribution is -2.22. The fourth-order valence-corrected chi connectivity index (χ4v) is 3.48. The summed E-state index contributed by atoms with van der Waals surface area (Å²) in [5, 5.41) is 8.87. The molecule has 0 radical (unpaired) electrons. The maximum absolute atomic E-state index is 12.6. The molecule has 2 amide bonds. The van der Waals surface area contributed by atoms with Crippen molar-refractivity contribution in [1.29, 1.82) is 0 Å². The Morgan fingerprint density at radius 1 is 0.882 bits per heavy atom. The lowest BCUT2D eigenvalue weighted by molar-refractivity contribution is -0.114. The van der Waals surface area contributed by atoms with Gasteiger partial charge in [-0.25, -0.2) is 9.97 Å². The molecule has 0 fully saturated rings. The van der Waals surface area contributed by atoms with Crippen molar-refractivity contribution in [3.05, 3.63) is 102 Å². The second-order valence-electron chi connectivity index (χ2n) is 7.90. The first-order valence-corrected chi connectivity index (χ1v) is 10.9. The van der Waals surface area contributed by atoms with Crippen molar-refractivity contribution < 1.29 is 9.59 Å². The van der Waals surface area contributed by atoms with E-state index in [1.165, 1.54) is 6.92 Å². The summed E-state index contributed by atoms with van der Waals surface area (Å²) in [6.07, 6.45) is 1.67. The van der Waals surface area contributed by atoms with E-state index in [9.17, 15) is 9.59 Å². The highest BCUT2D eigenvalue weighted by Crippen LogP contribution is 2.22. The van der Waals surface area contributed by atoms with E-state index < -0.39 is 0 Å². The van der Waals surface area contributed by atoms with E-state index in [-0.39, 0.29) is 11.8 Å². The number of benzene rings is 3. The molecule has 0 aliphatic rings. The molecule has 0 saturated heterocycles. The number of rotatable bonds is 7. The Labute approximate surface area is 198 Å². The number of anilines is 3. The molecule has 0 saturated carbocycles. The van der Waals surface area contributed by atoms with E-state index in [2.05, 4.69) is 32.0 Å². The summed E-state index contributed by atoms with van der Waals surface area (Å²) < 4.78 is 0. The van der Waals surface area contributed by atoms with Gasteiger partial charge >= 0.3 is 0 Å². The van der Waals surface area contributed by atoms with E-state index in [1.54, 1.807) is 18.3 Å². The van der Waals surface area contributed by atoms with Crippen LogP contribution in [0, 0.1) is 6.92 Å². The van der Waals surface area contributed by atoms with Gasteiger partial charge in [0.1, 0.15) is 0 Å². The number of hydrogen-bond donors (Lipinski definition) is 3. The maximum atomic E-state index is 12.6. The van der Waals surface area contributed by atoms with Crippen LogP contribution >= 0.6 is 0 Å². The Balaban J connectivity index is 1.43. The van der Waals surface area contributed by atoms with Gasteiger partial charge in [0, 0.05) is 42.2 Å². The topological polar surface area (TPSA) is 96.0 Å². The second-order valence-corrected chi connectivity index (χ2v) is 7.90. The molecule has 0 unspecified atom stereocenters. The van der Waals surface area contributed by atoms with E-state index in [4.69, 9.17) is 0 Å². The molecular weight excluding hydrogens is 426 g/mol. The Bertz CT molecular complexity index is 1320. The number of carbonyl (C=O) groups excluding carboxylic acids is 2. The zero-order valence-electron chi connectivity index (χ0n) is 19.0. The maximum Gasteiger partial charge on any atom is 0.251 e. The molecule has 4 aromatic rings. The molecule has 7 heteroatoms. The van der Waals surface area contributed by atoms with Crippen LogP contribution in [-0.2, 0) is 11.3 Å². The zero-order valence-corrected chi connectivity index (χ0v) is 19.0. The first-order chi connectivity index (χ1) is 16.5. The number of nitrogens with one attached hydrogen (secondary N) is 3. The summed E-state index contributed by atoms with van der Waals surface area (Å²) in [6.45, 7) is 3.96. The van der Waals surface area contributed by atoms with E-state index in [0.717, 1.165) is 28.1 Å². The summed E-state index contributed by atoms with van der Waals surface area (Å²) in [4.78, 5) is 32.7. The van der Waals surface area contributed by atoms with Gasteiger partial charge in [0.25, 0.3) is 5.91 Å². The quantitative estimate of drug-likeness (QED) is 0.364. The Morgan fingerprint density at radius 2 is 1.68 bits per heavy atom. The van der Waals surface area contributed by atoms with Gasteiger partial charge in [0.2, 0.25) is 11.9 Å². The van der Waals surface area contributed by atoms with Gasteiger partial charge in [-0.05, 0) is 48.9 Å². The monoisotopic (exact) mass is 451 g/mol. The number of amides is 2. The minimum Gasteiger partial charge on any atom is -0.348 e. The average molecular weight is 452 g/mol. The van der Waals surface area contributed by atoms with Crippen LogP contribution in [0.3, 0.4) is 0 Å². The lowest BCUT2D eigenvalue weighted by atomic mass is 10.1. The fraction of sp³-hybridized carbons (Fsp3) is 0.111. The van der Waals surface area contributed by atoms with Crippen molar-refractivity contribution in [2.24, 2.45) is 0 Å². The smallest absolute Gasteiger partial charge is 0.251 e. The molecule has 170 valence electrons. The largest absolute Gasteiger partial charge is 0.348 e. The Hall–Kier alpha value is -4.52. The minimum absolute atomic E-state index is 0.118. The number of hydrogen-bond acceptors (Lipinski definition) is 5. The van der Waals surface area contributed by atoms with Crippen molar-refractivity contribution in [3.8, 4) is 11.3 Å². The summed E-state index contributed by atoms with van der Waals surface area (Å²) in [5.41, 5.74) is 5.81. The van der Waals surface area contributed by atoms with E-state index in [1.807, 2.05) is 67.6 Å². The molecule has 0 bridgehead atoms. The number of carbonyl (C=O) groups is 2. The number of aryl methyl sites for hydroxylation is 1. The summed E-state index contributed by atoms with van der Waals surface area (Å²) in [5.74, 6) is 0.146. The van der Waals surface area contributed by atoms with E-state index in [0.29, 0.717) is 23.7 Å². The van der Waals surface area contributed by atoms with Gasteiger partial charge in [-0.2, -0.15) is 0 Å². The molecule has 1 aromatic heterocycles. The van der Waals surface area contributed by atoms with Crippen molar-refractivity contribution in [2.45, 2.75) is 20.4 Å². The summed E-state index contributed by atoms with van der Waals surface area (Å²) in [7, 11) is 0. The normalized spacial score (nSPS) is 10.4. The van der Waals surface area contributed by atoms with Gasteiger partial charge in [-0.3, -0.25) is 9.59 Å². The molecule has 3 N–H and O–H groups in total. The third-order valence-corrected chi connectivity index (χ3v) is 5.07. The van der Waals surface area contributed by atoms with Crippen LogP contribution in [0.4, 0.5) is 17.3 Å². The molecule has 0 aliphatic carbocycles. The van der Waals surface area contributed by atoms with Gasteiger partial charge in [0.15, 0.2) is 0 Å². The van der Waals surface area contributed by atoms with Crippen LogP contribution in [0.5, 0.6) is 0 Å². The average Bonchev–Trinajstić information content (AvgIpc) is 2.83. The molecule has 0 aliphatic heterocycles. The summed E-state index contributed by atoms with van der Waals surface area (Å²) in [6, 6.07) is 24.5. The third-order valence-electron chi connectivity index (χ3n) is 5.07. The first-order valence-electron chi connectivity index (χ1n) is 10.9. The number of nitrogens with zero attached hydrogens (tertiary/aromatic N) is 2. The molecular formula is C27H25N5O2. The predicted molar refractivity (Wildman–Crippen MR) is 134 cm³/mol. The fourth-order valence-electron chi connectivity index (χ4n) is 3.48. The highest BCUT2D eigenvalue weighted by Gasteiger charge is 2.08. The SMILES string of the molecule is CC(=O)Nc1ccc(-c2ccnc(Nc3cccc(C(=O)NCc4cccc(C)c4)c3)n2)cc1. The van der Waals surface area contributed by atoms with Crippen LogP contribution in [0.25, 0.3) is 11.3 Å². The standard InChI is InChI=1S/C27H25N5O2/c1-18-5-3-6-20(15-18)17-29-26(34)22-7-4-8-24(16-22)31-27-28-14-13-25(32-27)21-9-11-23(12-10-21)30-19(2)33/h3-16H,17H2,1-2H3,(H,29,34)(H,30,33)(H,28,31,32). The Morgan fingerprint density at radius 3 is 2.44 bits per heavy atom. The van der Waals surface area contributed by atoms with Crippen molar-refractivity contribution in [3.63, 3.8) is 0 Å². The predicted octanol–water partition coefficient (Wildman–Crippen LogP) is 5.08. The lowest BCUT2D eigenvalue weighted by Gasteiger charge is -2.10. The van der Waals surface area contributed by atoms with Crippen LogP contribution < -0.4 is 16.0 Å². The molecule has 0 spiro atoms. The summed E-state index contributed by atoms with van der Waals surface area (Å²) >= 11 is 0. The minimum atomic E-state index is -0.154. The van der Waals surface area contributed by atoms with Crippen molar-refractivity contribution >= 4 is 29.1 Å². The van der Waals surface area contributed by atoms with Crippen LogP contribution in [0.2, 0.25) is 0 Å².